The SMILES string of the molecule is Cc1c(C(=O)Nc2ccccc2Cl)cnc2c(-c3ccc(Br)cc3)cnn12. The molecule has 0 aliphatic heterocycles. The number of nitrogens with zero attached hydrogens (tertiary/aromatic N) is 3. The van der Waals surface area contributed by atoms with Crippen LogP contribution in [0.15, 0.2) is 65.4 Å². The highest BCUT2D eigenvalue weighted by molar-refractivity contribution is 9.10. The number of hydrogen-bond donors (Lipinski definition) is 1. The van der Waals surface area contributed by atoms with Crippen molar-refractivity contribution in [1.82, 2.24) is 14.6 Å². The topological polar surface area (TPSA) is 59.3 Å². The monoisotopic (exact) mass is 440 g/mol. The van der Waals surface area contributed by atoms with Gasteiger partial charge in [-0.1, -0.05) is 51.8 Å². The van der Waals surface area contributed by atoms with Crippen molar-refractivity contribution in [2.24, 2.45) is 0 Å². The van der Waals surface area contributed by atoms with Crippen LogP contribution in [0.1, 0.15) is 16.1 Å². The van der Waals surface area contributed by atoms with Crippen LogP contribution in [0.4, 0.5) is 5.69 Å². The van der Waals surface area contributed by atoms with Gasteiger partial charge < -0.3 is 5.32 Å². The Morgan fingerprint density at radius 1 is 1.11 bits per heavy atom. The molecule has 134 valence electrons. The second-order valence-corrected chi connectivity index (χ2v) is 7.31. The van der Waals surface area contributed by atoms with Gasteiger partial charge in [0.25, 0.3) is 5.91 Å². The number of benzene rings is 2. The molecule has 5 nitrogen and oxygen atoms in total. The maximum absolute atomic E-state index is 12.7. The second-order valence-electron chi connectivity index (χ2n) is 5.99. The Bertz CT molecular complexity index is 1150. The smallest absolute Gasteiger partial charge is 0.259 e. The van der Waals surface area contributed by atoms with E-state index in [4.69, 9.17) is 11.6 Å². The lowest BCUT2D eigenvalue weighted by atomic mass is 10.1. The van der Waals surface area contributed by atoms with Crippen molar-refractivity contribution in [1.29, 1.82) is 0 Å². The van der Waals surface area contributed by atoms with Gasteiger partial charge in [-0.3, -0.25) is 4.79 Å². The lowest BCUT2D eigenvalue weighted by molar-refractivity contribution is 0.102. The van der Waals surface area contributed by atoms with E-state index in [1.165, 1.54) is 0 Å². The highest BCUT2D eigenvalue weighted by atomic mass is 79.9. The van der Waals surface area contributed by atoms with Crippen molar-refractivity contribution < 1.29 is 4.79 Å². The Morgan fingerprint density at radius 2 is 1.85 bits per heavy atom. The zero-order valence-corrected chi connectivity index (χ0v) is 16.6. The molecule has 1 N–H and O–H groups in total. The Hall–Kier alpha value is -2.70. The Kier molecular flexibility index (Phi) is 4.68. The Labute approximate surface area is 169 Å². The zero-order valence-electron chi connectivity index (χ0n) is 14.3. The molecule has 4 aromatic rings. The molecule has 0 aliphatic carbocycles. The summed E-state index contributed by atoms with van der Waals surface area (Å²) in [5.74, 6) is -0.282. The van der Waals surface area contributed by atoms with Crippen LogP contribution >= 0.6 is 27.5 Å². The van der Waals surface area contributed by atoms with Gasteiger partial charge in [0.05, 0.1) is 28.2 Å². The highest BCUT2D eigenvalue weighted by Gasteiger charge is 2.17. The Morgan fingerprint density at radius 3 is 2.59 bits per heavy atom. The number of hydrogen-bond acceptors (Lipinski definition) is 3. The van der Waals surface area contributed by atoms with Gasteiger partial charge in [0.1, 0.15) is 0 Å². The highest BCUT2D eigenvalue weighted by Crippen LogP contribution is 2.27. The van der Waals surface area contributed by atoms with Gasteiger partial charge in [-0.15, -0.1) is 0 Å². The van der Waals surface area contributed by atoms with Crippen molar-refractivity contribution in [3.63, 3.8) is 0 Å². The molecule has 2 aromatic heterocycles. The number of carbonyl (C=O) groups excluding carboxylic acids is 1. The summed E-state index contributed by atoms with van der Waals surface area (Å²) in [6.07, 6.45) is 3.33. The van der Waals surface area contributed by atoms with Gasteiger partial charge in [-0.25, -0.2) is 9.50 Å². The van der Waals surface area contributed by atoms with E-state index in [2.05, 4.69) is 31.3 Å². The minimum atomic E-state index is -0.282. The largest absolute Gasteiger partial charge is 0.321 e. The van der Waals surface area contributed by atoms with Crippen LogP contribution in [0.3, 0.4) is 0 Å². The first kappa shape index (κ1) is 17.7. The van der Waals surface area contributed by atoms with E-state index in [1.807, 2.05) is 43.3 Å². The molecule has 27 heavy (non-hydrogen) atoms. The number of rotatable bonds is 3. The lowest BCUT2D eigenvalue weighted by Gasteiger charge is -2.10. The van der Waals surface area contributed by atoms with E-state index in [1.54, 1.807) is 29.0 Å². The molecule has 0 fully saturated rings. The summed E-state index contributed by atoms with van der Waals surface area (Å²) in [6, 6.07) is 15.0. The van der Waals surface area contributed by atoms with Crippen LogP contribution in [0, 0.1) is 6.92 Å². The van der Waals surface area contributed by atoms with Crippen LogP contribution in [0.5, 0.6) is 0 Å². The number of aromatic nitrogens is 3. The molecule has 4 rings (SSSR count). The van der Waals surface area contributed by atoms with Gasteiger partial charge in [0.2, 0.25) is 0 Å². The second kappa shape index (κ2) is 7.13. The van der Waals surface area contributed by atoms with Crippen LogP contribution in [0.25, 0.3) is 16.8 Å². The molecule has 0 unspecified atom stereocenters. The molecule has 0 bridgehead atoms. The minimum absolute atomic E-state index is 0.282. The van der Waals surface area contributed by atoms with E-state index in [0.717, 1.165) is 15.6 Å². The van der Waals surface area contributed by atoms with Crippen LogP contribution < -0.4 is 5.32 Å². The zero-order chi connectivity index (χ0) is 19.0. The molecule has 0 spiro atoms. The van der Waals surface area contributed by atoms with E-state index < -0.39 is 0 Å². The maximum Gasteiger partial charge on any atom is 0.259 e. The first-order chi connectivity index (χ1) is 13.0. The summed E-state index contributed by atoms with van der Waals surface area (Å²) in [5, 5.41) is 7.72. The number of carbonyl (C=O) groups is 1. The van der Waals surface area contributed by atoms with Gasteiger partial charge in [-0.05, 0) is 36.8 Å². The average molecular weight is 442 g/mol. The standard InChI is InChI=1S/C20H14BrClN4O/c1-12-15(20(27)25-18-5-3-2-4-17(18)22)10-23-19-16(11-24-26(12)19)13-6-8-14(21)9-7-13/h2-11H,1H3,(H,25,27). The number of para-hydroxylation sites is 1. The summed E-state index contributed by atoms with van der Waals surface area (Å²) in [7, 11) is 0. The number of nitrogens with one attached hydrogen (secondary N) is 1. The van der Waals surface area contributed by atoms with E-state index in [-0.39, 0.29) is 5.91 Å². The van der Waals surface area contributed by atoms with Crippen molar-refractivity contribution >= 4 is 44.8 Å². The molecule has 0 saturated heterocycles. The molecule has 2 aromatic carbocycles. The summed E-state index contributed by atoms with van der Waals surface area (Å²) < 4.78 is 2.68. The summed E-state index contributed by atoms with van der Waals surface area (Å²) in [5.41, 5.74) is 4.31. The normalized spacial score (nSPS) is 10.9. The summed E-state index contributed by atoms with van der Waals surface area (Å²) in [4.78, 5) is 17.2. The van der Waals surface area contributed by atoms with E-state index in [0.29, 0.717) is 27.6 Å². The van der Waals surface area contributed by atoms with Crippen LogP contribution in [-0.2, 0) is 0 Å². The van der Waals surface area contributed by atoms with Gasteiger partial charge in [0.15, 0.2) is 5.65 Å². The Balaban J connectivity index is 1.72. The number of aryl methyl sites for hydroxylation is 1. The molecule has 0 saturated carbocycles. The number of anilines is 1. The molecule has 0 radical (unpaired) electrons. The molecule has 1 amide bonds. The predicted molar refractivity (Wildman–Crippen MR) is 110 cm³/mol. The van der Waals surface area contributed by atoms with Gasteiger partial charge in [0, 0.05) is 16.2 Å². The third-order valence-electron chi connectivity index (χ3n) is 4.29. The number of halogens is 2. The molecule has 2 heterocycles. The van der Waals surface area contributed by atoms with Gasteiger partial charge in [-0.2, -0.15) is 5.10 Å². The third kappa shape index (κ3) is 3.34. The number of fused-ring (bicyclic) bond motifs is 1. The van der Waals surface area contributed by atoms with Crippen LogP contribution in [-0.4, -0.2) is 20.5 Å². The first-order valence-corrected chi connectivity index (χ1v) is 9.37. The van der Waals surface area contributed by atoms with Crippen molar-refractivity contribution in [2.75, 3.05) is 5.32 Å². The molecule has 0 aliphatic rings. The summed E-state index contributed by atoms with van der Waals surface area (Å²) >= 11 is 9.56. The van der Waals surface area contributed by atoms with Gasteiger partial charge >= 0.3 is 0 Å². The predicted octanol–water partition coefficient (Wildman–Crippen LogP) is 5.37. The van der Waals surface area contributed by atoms with Crippen LogP contribution in [0.2, 0.25) is 5.02 Å². The minimum Gasteiger partial charge on any atom is -0.321 e. The van der Waals surface area contributed by atoms with Crippen molar-refractivity contribution in [3.05, 3.63) is 81.7 Å². The third-order valence-corrected chi connectivity index (χ3v) is 5.15. The fourth-order valence-electron chi connectivity index (χ4n) is 2.85. The first-order valence-electron chi connectivity index (χ1n) is 8.20. The van der Waals surface area contributed by atoms with Crippen molar-refractivity contribution in [3.8, 4) is 11.1 Å². The fourth-order valence-corrected chi connectivity index (χ4v) is 3.30. The molecule has 0 atom stereocenters. The molecular weight excluding hydrogens is 428 g/mol. The maximum atomic E-state index is 12.7. The average Bonchev–Trinajstić information content (AvgIpc) is 3.09. The molecular formula is C20H14BrClN4O. The molecule has 7 heteroatoms. The van der Waals surface area contributed by atoms with E-state index in [9.17, 15) is 4.79 Å². The van der Waals surface area contributed by atoms with E-state index >= 15 is 0 Å². The number of amides is 1. The fraction of sp³-hybridized carbons (Fsp3) is 0.0500. The van der Waals surface area contributed by atoms with Crippen molar-refractivity contribution in [2.45, 2.75) is 6.92 Å². The quantitative estimate of drug-likeness (QED) is 0.465. The lowest BCUT2D eigenvalue weighted by Crippen LogP contribution is -2.16. The summed E-state index contributed by atoms with van der Waals surface area (Å²) in [6.45, 7) is 1.84.